The van der Waals surface area contributed by atoms with Gasteiger partial charge in [0.1, 0.15) is 29.1 Å². The molecule has 8 nitrogen and oxygen atoms in total. The Morgan fingerprint density at radius 3 is 2.19 bits per heavy atom. The number of hydrogen-bond acceptors (Lipinski definition) is 8. The number of phenolic OH excluding ortho intramolecular Hbond substituents is 1. The maximum atomic E-state index is 12.5. The van der Waals surface area contributed by atoms with Crippen molar-refractivity contribution < 1.29 is 38.3 Å². The third kappa shape index (κ3) is 6.27. The highest BCUT2D eigenvalue weighted by molar-refractivity contribution is 5.72. The second kappa shape index (κ2) is 11.6. The number of carbonyl (C=O) groups excluding carboxylic acids is 1. The van der Waals surface area contributed by atoms with Crippen LogP contribution in [-0.4, -0.2) is 52.1 Å². The van der Waals surface area contributed by atoms with Gasteiger partial charge in [-0.3, -0.25) is 4.79 Å². The summed E-state index contributed by atoms with van der Waals surface area (Å²) in [6.07, 6.45) is 2.00. The van der Waals surface area contributed by atoms with Gasteiger partial charge in [-0.05, 0) is 37.0 Å². The van der Waals surface area contributed by atoms with E-state index in [9.17, 15) is 9.90 Å². The van der Waals surface area contributed by atoms with Crippen molar-refractivity contribution in [2.24, 2.45) is 0 Å². The molecule has 8 heteroatoms. The van der Waals surface area contributed by atoms with Crippen LogP contribution in [0.15, 0.2) is 36.4 Å². The first-order valence-electron chi connectivity index (χ1n) is 10.5. The number of aryl methyl sites for hydroxylation is 1. The fraction of sp³-hybridized carbons (Fsp3) is 0.458. The monoisotopic (exact) mass is 446 g/mol. The first-order valence-corrected chi connectivity index (χ1v) is 10.5. The Morgan fingerprint density at radius 1 is 1.00 bits per heavy atom. The molecular weight excluding hydrogens is 416 g/mol. The summed E-state index contributed by atoms with van der Waals surface area (Å²) in [5.74, 6) is 1.44. The van der Waals surface area contributed by atoms with Crippen LogP contribution in [0, 0.1) is 0 Å². The number of aromatic hydroxyl groups is 1. The molecule has 1 fully saturated rings. The number of rotatable bonds is 11. The number of ether oxygens (including phenoxy) is 6. The van der Waals surface area contributed by atoms with Gasteiger partial charge in [-0.1, -0.05) is 12.1 Å². The molecule has 1 N–H and O–H groups in total. The minimum Gasteiger partial charge on any atom is -0.508 e. The maximum absolute atomic E-state index is 12.5. The summed E-state index contributed by atoms with van der Waals surface area (Å²) in [5, 5.41) is 9.46. The van der Waals surface area contributed by atoms with Gasteiger partial charge in [0.15, 0.2) is 13.6 Å². The molecule has 2 aromatic rings. The molecule has 0 saturated carbocycles. The molecule has 0 amide bonds. The van der Waals surface area contributed by atoms with Crippen LogP contribution in [0.5, 0.6) is 23.0 Å². The average Bonchev–Trinajstić information content (AvgIpc) is 2.80. The Kier molecular flexibility index (Phi) is 8.58. The van der Waals surface area contributed by atoms with Gasteiger partial charge in [0.25, 0.3) is 0 Å². The molecule has 0 bridgehead atoms. The summed E-state index contributed by atoms with van der Waals surface area (Å²) in [6.45, 7) is 0.0939. The highest BCUT2D eigenvalue weighted by Gasteiger charge is 2.34. The topological polar surface area (TPSA) is 92.7 Å². The van der Waals surface area contributed by atoms with Crippen molar-refractivity contribution in [2.75, 3.05) is 34.9 Å². The second-order valence-corrected chi connectivity index (χ2v) is 7.59. The zero-order valence-electron chi connectivity index (χ0n) is 18.7. The van der Waals surface area contributed by atoms with Gasteiger partial charge in [0, 0.05) is 37.8 Å². The normalized spacial score (nSPS) is 18.2. The lowest BCUT2D eigenvalue weighted by Crippen LogP contribution is -2.29. The first-order chi connectivity index (χ1) is 15.5. The number of carbonyl (C=O) groups is 1. The van der Waals surface area contributed by atoms with E-state index in [0.29, 0.717) is 30.1 Å². The van der Waals surface area contributed by atoms with Gasteiger partial charge in [-0.2, -0.15) is 0 Å². The number of methoxy groups -OCH3 is 3. The average molecular weight is 446 g/mol. The molecular formula is C24H30O8. The minimum absolute atomic E-state index is 0.0470. The number of benzene rings is 2. The molecule has 2 aromatic carbocycles. The third-order valence-electron chi connectivity index (χ3n) is 5.34. The fourth-order valence-corrected chi connectivity index (χ4v) is 3.85. The van der Waals surface area contributed by atoms with Crippen molar-refractivity contribution in [1.82, 2.24) is 0 Å². The zero-order chi connectivity index (χ0) is 22.9. The van der Waals surface area contributed by atoms with E-state index in [-0.39, 0.29) is 43.7 Å². The van der Waals surface area contributed by atoms with Crippen molar-refractivity contribution in [3.05, 3.63) is 47.5 Å². The zero-order valence-corrected chi connectivity index (χ0v) is 18.7. The van der Waals surface area contributed by atoms with Crippen LogP contribution in [-0.2, 0) is 25.4 Å². The summed E-state index contributed by atoms with van der Waals surface area (Å²) in [6, 6.07) is 10.6. The molecule has 1 saturated heterocycles. The highest BCUT2D eigenvalue weighted by Crippen LogP contribution is 2.44. The van der Waals surface area contributed by atoms with Crippen molar-refractivity contribution in [3.8, 4) is 23.0 Å². The Morgan fingerprint density at radius 2 is 1.62 bits per heavy atom. The Labute approximate surface area is 187 Å². The summed E-state index contributed by atoms with van der Waals surface area (Å²) in [4.78, 5) is 12.5. The summed E-state index contributed by atoms with van der Waals surface area (Å²) in [5.41, 5.74) is 1.84. The smallest absolute Gasteiger partial charge is 0.306 e. The van der Waals surface area contributed by atoms with Crippen molar-refractivity contribution in [1.29, 1.82) is 0 Å². The standard InChI is InChI=1S/C24H30O8/c1-27-14-30-21-12-20(29-3)13-22(31-15-28-2)24(21)17-10-19(32-23(26)11-17)9-6-16-4-7-18(25)8-5-16/h4-5,7-8,12-13,17,19,25H,6,9-11,14-15H2,1-3H3/t17-,19+/m1/s1. The van der Waals surface area contributed by atoms with Crippen LogP contribution in [0.2, 0.25) is 0 Å². The molecule has 0 spiro atoms. The highest BCUT2D eigenvalue weighted by atomic mass is 16.7. The summed E-state index contributed by atoms with van der Waals surface area (Å²) >= 11 is 0. The fourth-order valence-electron chi connectivity index (χ4n) is 3.85. The number of hydrogen-bond donors (Lipinski definition) is 1. The number of phenols is 1. The SMILES string of the molecule is COCOc1cc(OC)cc(OCOC)c1[C@H]1CC(=O)O[C@@H](CCc2ccc(O)cc2)C1. The lowest BCUT2D eigenvalue weighted by molar-refractivity contribution is -0.155. The molecule has 1 aliphatic heterocycles. The quantitative estimate of drug-likeness (QED) is 0.412. The van der Waals surface area contributed by atoms with Gasteiger partial charge in [-0.25, -0.2) is 0 Å². The van der Waals surface area contributed by atoms with Gasteiger partial charge >= 0.3 is 5.97 Å². The molecule has 32 heavy (non-hydrogen) atoms. The Bertz CT molecular complexity index is 851. The van der Waals surface area contributed by atoms with E-state index >= 15 is 0 Å². The lowest BCUT2D eigenvalue weighted by Gasteiger charge is -2.31. The van der Waals surface area contributed by atoms with Gasteiger partial charge < -0.3 is 33.5 Å². The predicted octanol–water partition coefficient (Wildman–Crippen LogP) is 3.79. The molecule has 1 heterocycles. The van der Waals surface area contributed by atoms with E-state index in [0.717, 1.165) is 17.5 Å². The molecule has 0 aromatic heterocycles. The van der Waals surface area contributed by atoms with E-state index in [1.165, 1.54) is 0 Å². The Hall–Kier alpha value is -2.97. The molecule has 1 aliphatic rings. The second-order valence-electron chi connectivity index (χ2n) is 7.59. The van der Waals surface area contributed by atoms with E-state index in [1.54, 1.807) is 45.6 Å². The number of esters is 1. The molecule has 0 unspecified atom stereocenters. The van der Waals surface area contributed by atoms with Gasteiger partial charge in [0.2, 0.25) is 0 Å². The molecule has 2 atom stereocenters. The molecule has 174 valence electrons. The van der Waals surface area contributed by atoms with E-state index in [2.05, 4.69) is 0 Å². The van der Waals surface area contributed by atoms with Crippen LogP contribution in [0.25, 0.3) is 0 Å². The number of cyclic esters (lactones) is 1. The maximum Gasteiger partial charge on any atom is 0.306 e. The van der Waals surface area contributed by atoms with E-state index in [4.69, 9.17) is 28.4 Å². The Balaban J connectivity index is 1.84. The van der Waals surface area contributed by atoms with Crippen molar-refractivity contribution in [2.45, 2.75) is 37.7 Å². The first kappa shape index (κ1) is 23.7. The van der Waals surface area contributed by atoms with Crippen LogP contribution < -0.4 is 14.2 Å². The molecule has 0 aliphatic carbocycles. The summed E-state index contributed by atoms with van der Waals surface area (Å²) < 4.78 is 32.8. The van der Waals surface area contributed by atoms with Crippen LogP contribution >= 0.6 is 0 Å². The van der Waals surface area contributed by atoms with Gasteiger partial charge in [-0.15, -0.1) is 0 Å². The largest absolute Gasteiger partial charge is 0.508 e. The lowest BCUT2D eigenvalue weighted by atomic mass is 9.85. The third-order valence-corrected chi connectivity index (χ3v) is 5.34. The van der Waals surface area contributed by atoms with Gasteiger partial charge in [0.05, 0.1) is 13.5 Å². The summed E-state index contributed by atoms with van der Waals surface area (Å²) in [7, 11) is 4.64. The van der Waals surface area contributed by atoms with Crippen molar-refractivity contribution in [3.63, 3.8) is 0 Å². The van der Waals surface area contributed by atoms with Crippen molar-refractivity contribution >= 4 is 5.97 Å². The molecule has 0 radical (unpaired) electrons. The van der Waals surface area contributed by atoms with Crippen LogP contribution in [0.4, 0.5) is 0 Å². The predicted molar refractivity (Wildman–Crippen MR) is 116 cm³/mol. The van der Waals surface area contributed by atoms with Crippen LogP contribution in [0.3, 0.4) is 0 Å². The minimum atomic E-state index is -0.261. The van der Waals surface area contributed by atoms with E-state index in [1.807, 2.05) is 12.1 Å². The van der Waals surface area contributed by atoms with Crippen LogP contribution in [0.1, 0.15) is 36.3 Å². The molecule has 3 rings (SSSR count). The van der Waals surface area contributed by atoms with E-state index < -0.39 is 0 Å².